The molecule has 2 N–H and O–H groups in total. The number of carboxylic acids is 1. The molecule has 8 atom stereocenters. The summed E-state index contributed by atoms with van der Waals surface area (Å²) in [7, 11) is 0. The third kappa shape index (κ3) is 1.85. The van der Waals surface area contributed by atoms with Crippen LogP contribution in [0.4, 0.5) is 0 Å². The van der Waals surface area contributed by atoms with Crippen LogP contribution in [0.3, 0.4) is 0 Å². The van der Waals surface area contributed by atoms with Gasteiger partial charge in [-0.15, -0.1) is 0 Å². The quantitative estimate of drug-likeness (QED) is 0.774. The molecular formula is C19H22O7. The van der Waals surface area contributed by atoms with Gasteiger partial charge in [0.1, 0.15) is 6.10 Å². The summed E-state index contributed by atoms with van der Waals surface area (Å²) in [6, 6.07) is 1.83. The van der Waals surface area contributed by atoms with E-state index in [4.69, 9.17) is 13.9 Å². The van der Waals surface area contributed by atoms with E-state index in [9.17, 15) is 19.8 Å². The van der Waals surface area contributed by atoms with Gasteiger partial charge in [0.25, 0.3) is 0 Å². The van der Waals surface area contributed by atoms with Crippen molar-refractivity contribution in [2.24, 2.45) is 23.2 Å². The minimum absolute atomic E-state index is 0.144. The van der Waals surface area contributed by atoms with Gasteiger partial charge in [0.2, 0.25) is 0 Å². The van der Waals surface area contributed by atoms with Crippen molar-refractivity contribution in [3.8, 4) is 0 Å². The van der Waals surface area contributed by atoms with Gasteiger partial charge in [-0.2, -0.15) is 0 Å². The number of aliphatic hydroxyl groups is 1. The molecule has 4 aliphatic rings. The largest absolute Gasteiger partial charge is 0.481 e. The zero-order valence-corrected chi connectivity index (χ0v) is 14.5. The number of aliphatic carboxylic acids is 1. The number of hydrogen-bond acceptors (Lipinski definition) is 6. The molecule has 0 amide bonds. The number of carboxylic acid groups (broad SMARTS) is 1. The van der Waals surface area contributed by atoms with Gasteiger partial charge in [-0.25, -0.2) is 4.79 Å². The van der Waals surface area contributed by atoms with Crippen LogP contribution in [0.5, 0.6) is 0 Å². The van der Waals surface area contributed by atoms with E-state index in [0.29, 0.717) is 19.3 Å². The molecular weight excluding hydrogens is 340 g/mol. The first-order valence-electron chi connectivity index (χ1n) is 9.17. The predicted molar refractivity (Wildman–Crippen MR) is 85.8 cm³/mol. The molecule has 4 fully saturated rings. The van der Waals surface area contributed by atoms with E-state index in [-0.39, 0.29) is 30.3 Å². The van der Waals surface area contributed by atoms with Crippen molar-refractivity contribution in [1.29, 1.82) is 0 Å². The Bertz CT molecular complexity index is 758. The highest BCUT2D eigenvalue weighted by Crippen LogP contribution is 2.68. The third-order valence-electron chi connectivity index (χ3n) is 7.41. The molecule has 1 unspecified atom stereocenters. The van der Waals surface area contributed by atoms with Crippen molar-refractivity contribution in [3.05, 3.63) is 24.2 Å². The number of hydrogen-bond donors (Lipinski definition) is 2. The number of ether oxygens (including phenoxy) is 2. The molecule has 1 spiro atoms. The molecule has 2 saturated carbocycles. The molecule has 2 bridgehead atoms. The lowest BCUT2D eigenvalue weighted by atomic mass is 9.49. The standard InChI is InChI=1S/C19H22O7/c1-18-6-13(9-2-3-24-8-9)26-19(18)7-14(25-17(19)23)15-11(16(21)22)4-10(20)5-12(15)18/h2-3,8,10-15,20H,4-7H2,1H3,(H,21,22)/t10-,11+,12+,13+,14-,15+,18-,19?/m0/s1. The fourth-order valence-electron chi connectivity index (χ4n) is 6.23. The van der Waals surface area contributed by atoms with Gasteiger partial charge in [0.15, 0.2) is 5.60 Å². The SMILES string of the molecule is C[C@@]12C[C@H](c3ccoc3)OC13C[C@H](OC3=O)[C@H]1[C@H]2C[C@@H](O)C[C@H]1C(=O)O. The Hall–Kier alpha value is -1.86. The molecule has 2 saturated heterocycles. The second-order valence-corrected chi connectivity index (χ2v) is 8.51. The summed E-state index contributed by atoms with van der Waals surface area (Å²) in [6.07, 6.45) is 3.39. The fourth-order valence-corrected chi connectivity index (χ4v) is 6.23. The van der Waals surface area contributed by atoms with Crippen molar-refractivity contribution in [2.45, 2.75) is 56.5 Å². The molecule has 3 heterocycles. The first-order chi connectivity index (χ1) is 12.4. The third-order valence-corrected chi connectivity index (χ3v) is 7.41. The van der Waals surface area contributed by atoms with Gasteiger partial charge < -0.3 is 24.1 Å². The number of esters is 1. The average Bonchev–Trinajstić information content (AvgIpc) is 3.27. The van der Waals surface area contributed by atoms with Crippen molar-refractivity contribution >= 4 is 11.9 Å². The molecule has 1 aromatic heterocycles. The van der Waals surface area contributed by atoms with Crippen LogP contribution in [0.25, 0.3) is 0 Å². The van der Waals surface area contributed by atoms with Gasteiger partial charge >= 0.3 is 11.9 Å². The fraction of sp³-hybridized carbons (Fsp3) is 0.684. The summed E-state index contributed by atoms with van der Waals surface area (Å²) in [5.41, 5.74) is -0.784. The van der Waals surface area contributed by atoms with Gasteiger partial charge in [-0.3, -0.25) is 4.79 Å². The highest BCUT2D eigenvalue weighted by atomic mass is 16.6. The average molecular weight is 362 g/mol. The van der Waals surface area contributed by atoms with E-state index in [1.165, 1.54) is 0 Å². The molecule has 2 aliphatic carbocycles. The molecule has 2 aliphatic heterocycles. The molecule has 140 valence electrons. The molecule has 1 aromatic rings. The number of fused-ring (bicyclic) bond motifs is 4. The molecule has 5 rings (SSSR count). The normalized spacial score (nSPS) is 49.4. The lowest BCUT2D eigenvalue weighted by molar-refractivity contribution is -0.174. The smallest absolute Gasteiger partial charge is 0.339 e. The Labute approximate surface area is 150 Å². The molecule has 7 nitrogen and oxygen atoms in total. The summed E-state index contributed by atoms with van der Waals surface area (Å²) in [5, 5.41) is 20.1. The van der Waals surface area contributed by atoms with E-state index in [2.05, 4.69) is 0 Å². The van der Waals surface area contributed by atoms with Crippen LogP contribution in [-0.2, 0) is 19.1 Å². The van der Waals surface area contributed by atoms with Gasteiger partial charge in [0, 0.05) is 23.3 Å². The van der Waals surface area contributed by atoms with Gasteiger partial charge in [-0.05, 0) is 31.2 Å². The van der Waals surface area contributed by atoms with Crippen LogP contribution >= 0.6 is 0 Å². The highest BCUT2D eigenvalue weighted by molar-refractivity contribution is 5.85. The number of furan rings is 1. The van der Waals surface area contributed by atoms with E-state index in [0.717, 1.165) is 5.56 Å². The van der Waals surface area contributed by atoms with E-state index in [1.54, 1.807) is 12.5 Å². The zero-order chi connectivity index (χ0) is 18.3. The highest BCUT2D eigenvalue weighted by Gasteiger charge is 2.76. The molecule has 26 heavy (non-hydrogen) atoms. The topological polar surface area (TPSA) is 106 Å². The van der Waals surface area contributed by atoms with E-state index >= 15 is 0 Å². The first kappa shape index (κ1) is 16.3. The van der Waals surface area contributed by atoms with Crippen molar-refractivity contribution in [1.82, 2.24) is 0 Å². The number of carbonyl (C=O) groups excluding carboxylic acids is 1. The van der Waals surface area contributed by atoms with Crippen LogP contribution in [0.1, 0.15) is 44.3 Å². The Kier molecular flexibility index (Phi) is 3.20. The van der Waals surface area contributed by atoms with Crippen LogP contribution in [0.2, 0.25) is 0 Å². The molecule has 7 heteroatoms. The Balaban J connectivity index is 1.61. The van der Waals surface area contributed by atoms with Crippen LogP contribution < -0.4 is 0 Å². The van der Waals surface area contributed by atoms with Crippen LogP contribution in [0, 0.1) is 23.2 Å². The maximum atomic E-state index is 12.9. The Morgan fingerprint density at radius 2 is 2.12 bits per heavy atom. The summed E-state index contributed by atoms with van der Waals surface area (Å²) in [6.45, 7) is 2.00. The maximum absolute atomic E-state index is 12.9. The zero-order valence-electron chi connectivity index (χ0n) is 14.5. The van der Waals surface area contributed by atoms with Crippen molar-refractivity contribution in [2.75, 3.05) is 0 Å². The predicted octanol–water partition coefficient (Wildman–Crippen LogP) is 1.90. The van der Waals surface area contributed by atoms with E-state index < -0.39 is 35.1 Å². The monoisotopic (exact) mass is 362 g/mol. The van der Waals surface area contributed by atoms with Crippen LogP contribution in [-0.4, -0.2) is 40.0 Å². The van der Waals surface area contributed by atoms with Crippen molar-refractivity contribution < 1.29 is 33.7 Å². The molecule has 0 radical (unpaired) electrons. The second kappa shape index (κ2) is 5.10. The lowest BCUT2D eigenvalue weighted by Crippen LogP contribution is -2.60. The first-order valence-corrected chi connectivity index (χ1v) is 9.17. The van der Waals surface area contributed by atoms with Crippen molar-refractivity contribution in [3.63, 3.8) is 0 Å². The van der Waals surface area contributed by atoms with Gasteiger partial charge in [-0.1, -0.05) is 6.92 Å². The van der Waals surface area contributed by atoms with E-state index in [1.807, 2.05) is 13.0 Å². The number of carbonyl (C=O) groups is 2. The maximum Gasteiger partial charge on any atom is 0.339 e. The summed E-state index contributed by atoms with van der Waals surface area (Å²) < 4.78 is 17.2. The Morgan fingerprint density at radius 3 is 2.81 bits per heavy atom. The number of rotatable bonds is 2. The second-order valence-electron chi connectivity index (χ2n) is 8.51. The molecule has 0 aromatic carbocycles. The minimum atomic E-state index is -1.07. The summed E-state index contributed by atoms with van der Waals surface area (Å²) in [4.78, 5) is 24.8. The van der Waals surface area contributed by atoms with Gasteiger partial charge in [0.05, 0.1) is 30.7 Å². The number of aliphatic hydroxyl groups excluding tert-OH is 1. The van der Waals surface area contributed by atoms with Crippen LogP contribution in [0.15, 0.2) is 23.0 Å². The summed E-state index contributed by atoms with van der Waals surface area (Å²) >= 11 is 0. The Morgan fingerprint density at radius 1 is 1.31 bits per heavy atom. The summed E-state index contributed by atoms with van der Waals surface area (Å²) in [5.74, 6) is -2.45. The minimum Gasteiger partial charge on any atom is -0.481 e. The lowest BCUT2D eigenvalue weighted by Gasteiger charge is -2.53.